The van der Waals surface area contributed by atoms with Gasteiger partial charge >= 0.3 is 5.97 Å². The van der Waals surface area contributed by atoms with Crippen molar-refractivity contribution in [1.82, 2.24) is 15.1 Å². The molecule has 1 rings (SSSR count). The second-order valence-electron chi connectivity index (χ2n) is 6.80. The summed E-state index contributed by atoms with van der Waals surface area (Å²) in [4.78, 5) is 27.4. The summed E-state index contributed by atoms with van der Waals surface area (Å²) in [5.74, 6) is -0.686. The van der Waals surface area contributed by atoms with E-state index in [2.05, 4.69) is 17.1 Å². The molecule has 0 saturated carbocycles. The predicted octanol–water partition coefficient (Wildman–Crippen LogP) is 1.55. The summed E-state index contributed by atoms with van der Waals surface area (Å²) in [5.41, 5.74) is 0. The number of hydrogen-bond donors (Lipinski definition) is 2. The quantitative estimate of drug-likeness (QED) is 0.708. The van der Waals surface area contributed by atoms with Crippen LogP contribution in [0.1, 0.15) is 52.9 Å². The lowest BCUT2D eigenvalue weighted by atomic mass is 10.1. The van der Waals surface area contributed by atoms with Gasteiger partial charge in [0.15, 0.2) is 0 Å². The van der Waals surface area contributed by atoms with Crippen molar-refractivity contribution in [3.05, 3.63) is 0 Å². The van der Waals surface area contributed by atoms with Gasteiger partial charge in [-0.3, -0.25) is 19.4 Å². The summed E-state index contributed by atoms with van der Waals surface area (Å²) in [7, 11) is 1.87. The fourth-order valence-corrected chi connectivity index (χ4v) is 3.31. The first-order valence-corrected chi connectivity index (χ1v) is 8.81. The summed E-state index contributed by atoms with van der Waals surface area (Å²) < 4.78 is 0. The number of likely N-dealkylation sites (N-methyl/N-ethyl adjacent to an activating group) is 1. The first-order chi connectivity index (χ1) is 10.8. The highest BCUT2D eigenvalue weighted by Crippen LogP contribution is 2.17. The minimum absolute atomic E-state index is 0.0786. The number of aliphatic carboxylic acids is 1. The molecule has 1 heterocycles. The van der Waals surface area contributed by atoms with Crippen molar-refractivity contribution in [2.45, 2.75) is 71.0 Å². The van der Waals surface area contributed by atoms with Crippen LogP contribution in [-0.2, 0) is 9.59 Å². The summed E-state index contributed by atoms with van der Waals surface area (Å²) in [5, 5.41) is 12.0. The Labute approximate surface area is 140 Å². The summed E-state index contributed by atoms with van der Waals surface area (Å²) in [6.45, 7) is 7.95. The van der Waals surface area contributed by atoms with Crippen LogP contribution < -0.4 is 5.32 Å². The number of likely N-dealkylation sites (tertiary alicyclic amines) is 1. The minimum atomic E-state index is -0.786. The molecule has 0 bridgehead atoms. The number of hydrogen-bond acceptors (Lipinski definition) is 4. The molecule has 1 aliphatic rings. The largest absolute Gasteiger partial charge is 0.480 e. The van der Waals surface area contributed by atoms with E-state index < -0.39 is 5.97 Å². The minimum Gasteiger partial charge on any atom is -0.480 e. The van der Waals surface area contributed by atoms with E-state index in [1.165, 1.54) is 0 Å². The molecule has 6 nitrogen and oxygen atoms in total. The van der Waals surface area contributed by atoms with Crippen molar-refractivity contribution in [2.75, 3.05) is 26.7 Å². The molecule has 134 valence electrons. The van der Waals surface area contributed by atoms with E-state index in [4.69, 9.17) is 5.11 Å². The molecule has 0 aromatic carbocycles. The Morgan fingerprint density at radius 3 is 2.61 bits per heavy atom. The average molecular weight is 327 g/mol. The lowest BCUT2D eigenvalue weighted by molar-refractivity contribution is -0.138. The monoisotopic (exact) mass is 327 g/mol. The van der Waals surface area contributed by atoms with E-state index in [9.17, 15) is 9.59 Å². The van der Waals surface area contributed by atoms with Crippen molar-refractivity contribution in [1.29, 1.82) is 0 Å². The van der Waals surface area contributed by atoms with Gasteiger partial charge in [-0.05, 0) is 53.1 Å². The number of nitrogens with zero attached hydrogens (tertiary/aromatic N) is 2. The Morgan fingerprint density at radius 2 is 2.00 bits per heavy atom. The van der Waals surface area contributed by atoms with E-state index in [-0.39, 0.29) is 30.6 Å². The van der Waals surface area contributed by atoms with Gasteiger partial charge in [0.25, 0.3) is 0 Å². The number of amides is 1. The fourth-order valence-electron chi connectivity index (χ4n) is 3.31. The molecule has 0 aliphatic carbocycles. The lowest BCUT2D eigenvalue weighted by Crippen LogP contribution is -2.48. The van der Waals surface area contributed by atoms with Crippen LogP contribution in [0.15, 0.2) is 0 Å². The van der Waals surface area contributed by atoms with E-state index in [1.807, 2.05) is 25.8 Å². The van der Waals surface area contributed by atoms with Gasteiger partial charge < -0.3 is 10.4 Å². The topological polar surface area (TPSA) is 72.9 Å². The highest BCUT2D eigenvalue weighted by atomic mass is 16.4. The van der Waals surface area contributed by atoms with E-state index in [1.54, 1.807) is 0 Å². The van der Waals surface area contributed by atoms with Gasteiger partial charge in [-0.25, -0.2) is 0 Å². The first-order valence-electron chi connectivity index (χ1n) is 8.81. The van der Waals surface area contributed by atoms with Crippen LogP contribution in [-0.4, -0.2) is 71.6 Å². The highest BCUT2D eigenvalue weighted by Gasteiger charge is 2.27. The van der Waals surface area contributed by atoms with Gasteiger partial charge in [0.05, 0.1) is 12.6 Å². The normalized spacial score (nSPS) is 22.4. The second kappa shape index (κ2) is 9.88. The zero-order chi connectivity index (χ0) is 17.4. The molecule has 3 unspecified atom stereocenters. The van der Waals surface area contributed by atoms with E-state index >= 15 is 0 Å². The third-order valence-electron chi connectivity index (χ3n) is 4.78. The molecular weight excluding hydrogens is 294 g/mol. The maximum Gasteiger partial charge on any atom is 0.317 e. The van der Waals surface area contributed by atoms with Gasteiger partial charge in [0, 0.05) is 18.6 Å². The molecule has 3 atom stereocenters. The molecule has 0 aromatic rings. The Morgan fingerprint density at radius 1 is 1.30 bits per heavy atom. The van der Waals surface area contributed by atoms with Crippen LogP contribution in [0.2, 0.25) is 0 Å². The van der Waals surface area contributed by atoms with Gasteiger partial charge in [-0.1, -0.05) is 13.3 Å². The van der Waals surface area contributed by atoms with Crippen molar-refractivity contribution in [3.8, 4) is 0 Å². The highest BCUT2D eigenvalue weighted by molar-refractivity contribution is 5.81. The Hall–Kier alpha value is -1.14. The second-order valence-corrected chi connectivity index (χ2v) is 6.80. The maximum atomic E-state index is 12.4. The molecule has 23 heavy (non-hydrogen) atoms. The SMILES string of the molecule is CCCC(C)NC(=O)C(C)N1CCCC(N(C)CC(=O)O)CC1. The van der Waals surface area contributed by atoms with Crippen LogP contribution in [0.4, 0.5) is 0 Å². The molecule has 1 fully saturated rings. The smallest absolute Gasteiger partial charge is 0.317 e. The van der Waals surface area contributed by atoms with E-state index in [0.717, 1.165) is 45.2 Å². The van der Waals surface area contributed by atoms with Crippen LogP contribution >= 0.6 is 0 Å². The summed E-state index contributed by atoms with van der Waals surface area (Å²) in [6, 6.07) is 0.375. The van der Waals surface area contributed by atoms with Crippen molar-refractivity contribution in [3.63, 3.8) is 0 Å². The van der Waals surface area contributed by atoms with Gasteiger partial charge in [0.2, 0.25) is 5.91 Å². The number of carboxylic acid groups (broad SMARTS) is 1. The van der Waals surface area contributed by atoms with Crippen LogP contribution in [0.3, 0.4) is 0 Å². The summed E-state index contributed by atoms with van der Waals surface area (Å²) in [6.07, 6.45) is 4.96. The van der Waals surface area contributed by atoms with Crippen LogP contribution in [0, 0.1) is 0 Å². The number of rotatable bonds is 8. The van der Waals surface area contributed by atoms with Crippen molar-refractivity contribution >= 4 is 11.9 Å². The molecule has 1 amide bonds. The van der Waals surface area contributed by atoms with Gasteiger partial charge in [0.1, 0.15) is 0 Å². The summed E-state index contributed by atoms with van der Waals surface area (Å²) >= 11 is 0. The molecule has 0 radical (unpaired) electrons. The van der Waals surface area contributed by atoms with Crippen molar-refractivity contribution < 1.29 is 14.7 Å². The molecule has 0 spiro atoms. The molecular formula is C17H33N3O3. The fraction of sp³-hybridized carbons (Fsp3) is 0.882. The molecule has 2 N–H and O–H groups in total. The number of carbonyl (C=O) groups excluding carboxylic acids is 1. The van der Waals surface area contributed by atoms with Crippen LogP contribution in [0.5, 0.6) is 0 Å². The molecule has 1 aliphatic heterocycles. The zero-order valence-electron chi connectivity index (χ0n) is 15.0. The zero-order valence-corrected chi connectivity index (χ0v) is 15.0. The molecule has 6 heteroatoms. The van der Waals surface area contributed by atoms with Gasteiger partial charge in [-0.15, -0.1) is 0 Å². The number of carbonyl (C=O) groups is 2. The Kier molecular flexibility index (Phi) is 8.55. The standard InChI is InChI=1S/C17H33N3O3/c1-5-7-13(2)18-17(23)14(3)20-10-6-8-15(9-11-20)19(4)12-16(21)22/h13-15H,5-12H2,1-4H3,(H,18,23)(H,21,22). The number of carboxylic acids is 1. The Bertz CT molecular complexity index is 389. The third kappa shape index (κ3) is 6.87. The molecule has 1 saturated heterocycles. The van der Waals surface area contributed by atoms with Crippen LogP contribution in [0.25, 0.3) is 0 Å². The maximum absolute atomic E-state index is 12.4. The number of nitrogens with one attached hydrogen (secondary N) is 1. The van der Waals surface area contributed by atoms with Crippen molar-refractivity contribution in [2.24, 2.45) is 0 Å². The molecule has 0 aromatic heterocycles. The average Bonchev–Trinajstić information content (AvgIpc) is 2.71. The predicted molar refractivity (Wildman–Crippen MR) is 91.5 cm³/mol. The third-order valence-corrected chi connectivity index (χ3v) is 4.78. The lowest BCUT2D eigenvalue weighted by Gasteiger charge is -2.29. The first kappa shape index (κ1) is 19.9. The van der Waals surface area contributed by atoms with Gasteiger partial charge in [-0.2, -0.15) is 0 Å². The Balaban J connectivity index is 2.49. The van der Waals surface area contributed by atoms with E-state index in [0.29, 0.717) is 0 Å².